The highest BCUT2D eigenvalue weighted by atomic mass is 35.5. The number of anilines is 1. The minimum Gasteiger partial charge on any atom is -0.508 e. The number of rotatable bonds is 4. The molecule has 6 heterocycles. The van der Waals surface area contributed by atoms with Crippen LogP contribution in [-0.2, 0) is 11.2 Å². The van der Waals surface area contributed by atoms with Crippen LogP contribution >= 0.6 is 11.6 Å². The number of ether oxygens (including phenoxy) is 2. The first-order valence-corrected chi connectivity index (χ1v) is 15.5. The zero-order chi connectivity index (χ0) is 29.3. The van der Waals surface area contributed by atoms with Crippen LogP contribution in [0.1, 0.15) is 37.8 Å². The van der Waals surface area contributed by atoms with E-state index in [1.54, 1.807) is 18.2 Å². The largest absolute Gasteiger partial charge is 0.508 e. The number of phenolic OH excluding ortho intramolecular Hbond substituents is 1. The van der Waals surface area contributed by atoms with Gasteiger partial charge in [0.25, 0.3) is 0 Å². The first-order chi connectivity index (χ1) is 20.9. The molecule has 1 N–H and O–H groups in total. The minimum atomic E-state index is -0.887. The monoisotopic (exact) mass is 607 g/mol. The third-order valence-electron chi connectivity index (χ3n) is 9.64. The van der Waals surface area contributed by atoms with Crippen LogP contribution in [0.25, 0.3) is 32.9 Å². The van der Waals surface area contributed by atoms with E-state index in [2.05, 4.69) is 14.8 Å². The molecular formula is C32H32ClF2N5O3. The molecule has 8 nitrogen and oxygen atoms in total. The lowest BCUT2D eigenvalue weighted by Gasteiger charge is -2.31. The topological polar surface area (TPSA) is 83.8 Å². The number of nitrogens with zero attached hydrogens (tertiary/aromatic N) is 5. The van der Waals surface area contributed by atoms with Gasteiger partial charge in [-0.3, -0.25) is 4.90 Å². The molecule has 0 saturated carbocycles. The number of alkyl halides is 1. The molecule has 0 bridgehead atoms. The molecule has 3 fully saturated rings. The summed E-state index contributed by atoms with van der Waals surface area (Å²) >= 11 is 6.62. The number of phenols is 1. The van der Waals surface area contributed by atoms with Crippen molar-refractivity contribution in [2.24, 2.45) is 0 Å². The van der Waals surface area contributed by atoms with Gasteiger partial charge < -0.3 is 19.5 Å². The van der Waals surface area contributed by atoms with Gasteiger partial charge in [-0.15, -0.1) is 0 Å². The van der Waals surface area contributed by atoms with Crippen molar-refractivity contribution in [3.8, 4) is 23.0 Å². The van der Waals surface area contributed by atoms with Crippen LogP contribution in [0.5, 0.6) is 11.8 Å². The Morgan fingerprint density at radius 1 is 1.14 bits per heavy atom. The van der Waals surface area contributed by atoms with Crippen molar-refractivity contribution in [1.29, 1.82) is 0 Å². The number of aromatic nitrogens is 3. The lowest BCUT2D eigenvalue weighted by atomic mass is 9.95. The fourth-order valence-electron chi connectivity index (χ4n) is 7.69. The smallest absolute Gasteiger partial charge is 0.319 e. The zero-order valence-electron chi connectivity index (χ0n) is 23.7. The van der Waals surface area contributed by atoms with Crippen molar-refractivity contribution in [2.75, 3.05) is 44.4 Å². The van der Waals surface area contributed by atoms with E-state index in [1.165, 1.54) is 6.07 Å². The van der Waals surface area contributed by atoms with Crippen LogP contribution in [0.3, 0.4) is 0 Å². The molecule has 4 aliphatic rings. The van der Waals surface area contributed by atoms with E-state index in [1.807, 2.05) is 6.07 Å². The van der Waals surface area contributed by atoms with E-state index in [0.29, 0.717) is 77.4 Å². The molecule has 11 heteroatoms. The summed E-state index contributed by atoms with van der Waals surface area (Å²) in [5.74, 6) is -0.0535. The van der Waals surface area contributed by atoms with Crippen LogP contribution < -0.4 is 9.64 Å². The molecule has 0 amide bonds. The Balaban J connectivity index is 1.31. The molecule has 3 saturated heterocycles. The molecule has 4 aliphatic heterocycles. The van der Waals surface area contributed by atoms with Crippen LogP contribution in [0.2, 0.25) is 5.02 Å². The molecule has 43 heavy (non-hydrogen) atoms. The normalized spacial score (nSPS) is 25.5. The summed E-state index contributed by atoms with van der Waals surface area (Å²) in [6, 6.07) is 8.55. The molecule has 8 rings (SSSR count). The number of hydrogen-bond donors (Lipinski definition) is 1. The van der Waals surface area contributed by atoms with Gasteiger partial charge in [-0.1, -0.05) is 23.7 Å². The minimum absolute atomic E-state index is 0.0158. The number of aryl methyl sites for hydroxylation is 1. The van der Waals surface area contributed by atoms with Crippen molar-refractivity contribution in [3.63, 3.8) is 0 Å². The van der Waals surface area contributed by atoms with Gasteiger partial charge in [0.05, 0.1) is 29.3 Å². The highest BCUT2D eigenvalue weighted by molar-refractivity contribution is 6.36. The molecule has 0 spiro atoms. The number of fused-ring (bicyclic) bond motifs is 4. The molecule has 0 aliphatic carbocycles. The van der Waals surface area contributed by atoms with Gasteiger partial charge >= 0.3 is 6.01 Å². The Bertz CT molecular complexity index is 1760. The first kappa shape index (κ1) is 27.2. The Kier molecular flexibility index (Phi) is 6.58. The van der Waals surface area contributed by atoms with Crippen molar-refractivity contribution in [1.82, 2.24) is 19.9 Å². The van der Waals surface area contributed by atoms with Crippen molar-refractivity contribution in [3.05, 3.63) is 46.9 Å². The van der Waals surface area contributed by atoms with Crippen LogP contribution in [-0.4, -0.2) is 82.2 Å². The van der Waals surface area contributed by atoms with Gasteiger partial charge in [-0.2, -0.15) is 9.97 Å². The summed E-state index contributed by atoms with van der Waals surface area (Å²) in [4.78, 5) is 18.8. The van der Waals surface area contributed by atoms with E-state index >= 15 is 4.39 Å². The van der Waals surface area contributed by atoms with Crippen LogP contribution in [0.15, 0.2) is 30.3 Å². The maximum atomic E-state index is 16.9. The molecule has 0 radical (unpaired) electrons. The molecule has 2 aromatic heterocycles. The van der Waals surface area contributed by atoms with Gasteiger partial charge in [0.2, 0.25) is 0 Å². The Morgan fingerprint density at radius 2 is 2.05 bits per heavy atom. The van der Waals surface area contributed by atoms with Gasteiger partial charge in [-0.25, -0.2) is 13.8 Å². The molecule has 224 valence electrons. The maximum absolute atomic E-state index is 16.9. The highest BCUT2D eigenvalue weighted by Gasteiger charge is 2.49. The second kappa shape index (κ2) is 10.4. The summed E-state index contributed by atoms with van der Waals surface area (Å²) < 4.78 is 43.5. The average molecular weight is 608 g/mol. The van der Waals surface area contributed by atoms with Gasteiger partial charge in [0.15, 0.2) is 5.82 Å². The predicted octanol–water partition coefficient (Wildman–Crippen LogP) is 5.84. The fourth-order valence-corrected chi connectivity index (χ4v) is 7.97. The first-order valence-electron chi connectivity index (χ1n) is 15.1. The lowest BCUT2D eigenvalue weighted by molar-refractivity contribution is 0.107. The maximum Gasteiger partial charge on any atom is 0.319 e. The van der Waals surface area contributed by atoms with Crippen LogP contribution in [0.4, 0.5) is 14.6 Å². The number of aromatic hydroxyl groups is 1. The Morgan fingerprint density at radius 3 is 2.95 bits per heavy atom. The number of pyridine rings is 1. The molecule has 0 unspecified atom stereocenters. The summed E-state index contributed by atoms with van der Waals surface area (Å²) in [5.41, 5.74) is 0.861. The standard InChI is InChI=1S/C32H32ClF2N5O3/c33-23-5-1-4-18-12-21(41)13-22(25(18)23)28-27(35)29-26-24(36-28)7-6-20-16-42-11-3-10-40(20)30(26)38-31(37-29)43-17-32-8-2-9-39(32)15-19(34)14-32/h1,4-5,12-13,19-20,41H,2-3,6-11,14-17H2/t19-,20+,32+/m1/s1. The molecule has 2 aromatic carbocycles. The lowest BCUT2D eigenvalue weighted by Crippen LogP contribution is -2.43. The van der Waals surface area contributed by atoms with E-state index in [4.69, 9.17) is 31.0 Å². The quantitative estimate of drug-likeness (QED) is 0.310. The second-order valence-electron chi connectivity index (χ2n) is 12.3. The third kappa shape index (κ3) is 4.48. The Labute approximate surface area is 252 Å². The molecule has 4 aromatic rings. The molecule has 3 atom stereocenters. The SMILES string of the molecule is Oc1cc(-c2nc3c4c(nc(OC[C@@]56CCCN5C[C@H](F)C6)nc4c2F)N2CCCOC[C@@H]2CC3)c2c(Cl)cccc2c1. The zero-order valence-corrected chi connectivity index (χ0v) is 24.4. The van der Waals surface area contributed by atoms with Gasteiger partial charge in [-0.05, 0) is 62.2 Å². The fraction of sp³-hybridized carbons (Fsp3) is 0.469. The number of halogens is 3. The van der Waals surface area contributed by atoms with Crippen molar-refractivity contribution < 1.29 is 23.4 Å². The summed E-state index contributed by atoms with van der Waals surface area (Å²) in [7, 11) is 0. The van der Waals surface area contributed by atoms with E-state index in [9.17, 15) is 9.50 Å². The number of hydrogen-bond acceptors (Lipinski definition) is 8. The third-order valence-corrected chi connectivity index (χ3v) is 9.96. The summed E-state index contributed by atoms with van der Waals surface area (Å²) in [6.07, 6.45) is 3.49. The van der Waals surface area contributed by atoms with E-state index in [-0.39, 0.29) is 35.6 Å². The van der Waals surface area contributed by atoms with Gasteiger partial charge in [0, 0.05) is 42.1 Å². The Hall–Kier alpha value is -3.34. The number of benzene rings is 2. The summed E-state index contributed by atoms with van der Waals surface area (Å²) in [5, 5.41) is 12.9. The average Bonchev–Trinajstić information content (AvgIpc) is 3.34. The van der Waals surface area contributed by atoms with E-state index < -0.39 is 17.5 Å². The highest BCUT2D eigenvalue weighted by Crippen LogP contribution is 2.43. The van der Waals surface area contributed by atoms with Gasteiger partial charge in [0.1, 0.15) is 35.6 Å². The van der Waals surface area contributed by atoms with Crippen molar-refractivity contribution in [2.45, 2.75) is 56.3 Å². The summed E-state index contributed by atoms with van der Waals surface area (Å²) in [6.45, 7) is 3.38. The van der Waals surface area contributed by atoms with E-state index in [0.717, 1.165) is 32.2 Å². The van der Waals surface area contributed by atoms with Crippen molar-refractivity contribution >= 4 is 39.1 Å². The van der Waals surface area contributed by atoms with Crippen LogP contribution in [0, 0.1) is 5.82 Å². The molecular weight excluding hydrogens is 576 g/mol. The predicted molar refractivity (Wildman–Crippen MR) is 160 cm³/mol. The second-order valence-corrected chi connectivity index (χ2v) is 12.7.